The quantitative estimate of drug-likeness (QED) is 0.786. The monoisotopic (exact) mass is 415 g/mol. The first-order valence-corrected chi connectivity index (χ1v) is 11.2. The normalized spacial score (nSPS) is 15.6. The van der Waals surface area contributed by atoms with E-state index in [9.17, 15) is 18.0 Å². The first-order chi connectivity index (χ1) is 13.7. The van der Waals surface area contributed by atoms with Crippen LogP contribution in [0.15, 0.2) is 48.5 Å². The molecule has 0 unspecified atom stereocenters. The molecule has 1 aliphatic heterocycles. The molecular formula is C21H25N3O4S. The third-order valence-corrected chi connectivity index (χ3v) is 6.35. The van der Waals surface area contributed by atoms with Crippen LogP contribution in [0.25, 0.3) is 0 Å². The lowest BCUT2D eigenvalue weighted by atomic mass is 10.1. The molecule has 0 spiro atoms. The van der Waals surface area contributed by atoms with Crippen LogP contribution >= 0.6 is 0 Å². The molecule has 3 rings (SSSR count). The molecule has 2 aromatic carbocycles. The Morgan fingerprint density at radius 3 is 2.45 bits per heavy atom. The molecular weight excluding hydrogens is 390 g/mol. The summed E-state index contributed by atoms with van der Waals surface area (Å²) in [5.41, 5.74) is 2.78. The van der Waals surface area contributed by atoms with Crippen molar-refractivity contribution in [2.45, 2.75) is 25.8 Å². The van der Waals surface area contributed by atoms with Crippen molar-refractivity contribution in [1.82, 2.24) is 4.31 Å². The Hall–Kier alpha value is -2.71. The van der Waals surface area contributed by atoms with Crippen molar-refractivity contribution in [2.75, 3.05) is 30.1 Å². The van der Waals surface area contributed by atoms with Gasteiger partial charge in [-0.3, -0.25) is 9.59 Å². The van der Waals surface area contributed by atoms with Crippen molar-refractivity contribution in [3.8, 4) is 0 Å². The van der Waals surface area contributed by atoms with Crippen molar-refractivity contribution in [2.24, 2.45) is 0 Å². The van der Waals surface area contributed by atoms with E-state index in [1.54, 1.807) is 47.4 Å². The van der Waals surface area contributed by atoms with E-state index < -0.39 is 22.0 Å². The Bertz CT molecular complexity index is 1020. The van der Waals surface area contributed by atoms with Crippen molar-refractivity contribution in [3.63, 3.8) is 0 Å². The average molecular weight is 416 g/mol. The molecule has 0 bridgehead atoms. The number of nitrogens with one attached hydrogen (secondary N) is 1. The number of rotatable bonds is 6. The zero-order chi connectivity index (χ0) is 21.2. The van der Waals surface area contributed by atoms with Crippen LogP contribution in [-0.2, 0) is 19.6 Å². The molecule has 8 heteroatoms. The Kier molecular flexibility index (Phi) is 6.04. The Morgan fingerprint density at radius 1 is 1.17 bits per heavy atom. The SMILES string of the molecule is Cc1ccc(NC(=O)[C@H](c2ccccc2)N(C)S(C)(=O)=O)cc1N1CCCC1=O. The fourth-order valence-electron chi connectivity index (χ4n) is 3.44. The van der Waals surface area contributed by atoms with Crippen molar-refractivity contribution >= 4 is 33.2 Å². The molecule has 0 aromatic heterocycles. The number of amides is 2. The van der Waals surface area contributed by atoms with Crippen LogP contribution in [0.3, 0.4) is 0 Å². The number of aryl methyl sites for hydroxylation is 1. The molecule has 1 saturated heterocycles. The molecule has 1 N–H and O–H groups in total. The van der Waals surface area contributed by atoms with Gasteiger partial charge < -0.3 is 10.2 Å². The predicted octanol–water partition coefficient (Wildman–Crippen LogP) is 2.69. The zero-order valence-corrected chi connectivity index (χ0v) is 17.6. The number of anilines is 2. The van der Waals surface area contributed by atoms with Crippen LogP contribution in [-0.4, -0.2) is 44.4 Å². The molecule has 1 atom stereocenters. The van der Waals surface area contributed by atoms with E-state index in [4.69, 9.17) is 0 Å². The highest BCUT2D eigenvalue weighted by Crippen LogP contribution is 2.29. The Balaban J connectivity index is 1.91. The third kappa shape index (κ3) is 4.65. The minimum absolute atomic E-state index is 0.0653. The van der Waals surface area contributed by atoms with Gasteiger partial charge in [-0.25, -0.2) is 8.42 Å². The topological polar surface area (TPSA) is 86.8 Å². The van der Waals surface area contributed by atoms with Gasteiger partial charge in [0.2, 0.25) is 21.8 Å². The summed E-state index contributed by atoms with van der Waals surface area (Å²) in [6.45, 7) is 2.57. The van der Waals surface area contributed by atoms with Gasteiger partial charge in [-0.15, -0.1) is 0 Å². The van der Waals surface area contributed by atoms with Crippen molar-refractivity contribution < 1.29 is 18.0 Å². The van der Waals surface area contributed by atoms with Crippen LogP contribution in [0.4, 0.5) is 11.4 Å². The van der Waals surface area contributed by atoms with Gasteiger partial charge in [0.1, 0.15) is 6.04 Å². The summed E-state index contributed by atoms with van der Waals surface area (Å²) >= 11 is 0. The predicted molar refractivity (Wildman–Crippen MR) is 113 cm³/mol. The maximum absolute atomic E-state index is 13.1. The number of carbonyl (C=O) groups is 2. The van der Waals surface area contributed by atoms with E-state index in [2.05, 4.69) is 5.32 Å². The van der Waals surface area contributed by atoms with E-state index in [0.29, 0.717) is 24.2 Å². The third-order valence-electron chi connectivity index (χ3n) is 5.09. The highest BCUT2D eigenvalue weighted by molar-refractivity contribution is 7.88. The van der Waals surface area contributed by atoms with Crippen LogP contribution < -0.4 is 10.2 Å². The van der Waals surface area contributed by atoms with Crippen molar-refractivity contribution in [3.05, 3.63) is 59.7 Å². The fourth-order valence-corrected chi connectivity index (χ4v) is 4.05. The van der Waals surface area contributed by atoms with E-state index >= 15 is 0 Å². The summed E-state index contributed by atoms with van der Waals surface area (Å²) < 4.78 is 25.3. The zero-order valence-electron chi connectivity index (χ0n) is 16.8. The average Bonchev–Trinajstić information content (AvgIpc) is 3.09. The summed E-state index contributed by atoms with van der Waals surface area (Å²) in [5.74, 6) is -0.401. The minimum Gasteiger partial charge on any atom is -0.324 e. The second kappa shape index (κ2) is 8.34. The van der Waals surface area contributed by atoms with Gasteiger partial charge in [0.15, 0.2) is 0 Å². The molecule has 7 nitrogen and oxygen atoms in total. The highest BCUT2D eigenvalue weighted by atomic mass is 32.2. The fraction of sp³-hybridized carbons (Fsp3) is 0.333. The van der Waals surface area contributed by atoms with Gasteiger partial charge >= 0.3 is 0 Å². The number of benzene rings is 2. The van der Waals surface area contributed by atoms with Crippen LogP contribution in [0.5, 0.6) is 0 Å². The summed E-state index contributed by atoms with van der Waals surface area (Å²) in [6.07, 6.45) is 2.40. The molecule has 29 heavy (non-hydrogen) atoms. The lowest BCUT2D eigenvalue weighted by molar-refractivity contribution is -0.119. The van der Waals surface area contributed by atoms with E-state index in [0.717, 1.165) is 28.2 Å². The first kappa shape index (κ1) is 21.0. The van der Waals surface area contributed by atoms with Gasteiger partial charge in [0.25, 0.3) is 0 Å². The molecule has 1 aliphatic rings. The largest absolute Gasteiger partial charge is 0.324 e. The first-order valence-electron chi connectivity index (χ1n) is 9.38. The summed E-state index contributed by atoms with van der Waals surface area (Å²) in [6, 6.07) is 13.1. The van der Waals surface area contributed by atoms with Gasteiger partial charge in [-0.1, -0.05) is 36.4 Å². The number of hydrogen-bond acceptors (Lipinski definition) is 4. The second-order valence-electron chi connectivity index (χ2n) is 7.23. The summed E-state index contributed by atoms with van der Waals surface area (Å²) in [5, 5.41) is 2.82. The van der Waals surface area contributed by atoms with E-state index in [1.165, 1.54) is 7.05 Å². The van der Waals surface area contributed by atoms with Crippen LogP contribution in [0, 0.1) is 6.92 Å². The van der Waals surface area contributed by atoms with Gasteiger partial charge in [-0.2, -0.15) is 4.31 Å². The smallest absolute Gasteiger partial charge is 0.247 e. The molecule has 154 valence electrons. The number of hydrogen-bond donors (Lipinski definition) is 1. The number of carbonyl (C=O) groups excluding carboxylic acids is 2. The lowest BCUT2D eigenvalue weighted by Crippen LogP contribution is -2.38. The lowest BCUT2D eigenvalue weighted by Gasteiger charge is -2.26. The highest BCUT2D eigenvalue weighted by Gasteiger charge is 2.31. The molecule has 0 aliphatic carbocycles. The summed E-state index contributed by atoms with van der Waals surface area (Å²) in [4.78, 5) is 26.9. The van der Waals surface area contributed by atoms with Crippen LogP contribution in [0.1, 0.15) is 30.0 Å². The molecule has 0 saturated carbocycles. The molecule has 2 amide bonds. The maximum atomic E-state index is 13.1. The van der Waals surface area contributed by atoms with Crippen LogP contribution in [0.2, 0.25) is 0 Å². The number of sulfonamides is 1. The molecule has 0 radical (unpaired) electrons. The Labute approximate surface area is 171 Å². The molecule has 2 aromatic rings. The standard InChI is InChI=1S/C21H25N3O4S/c1-15-11-12-17(14-18(15)24-13-7-10-19(24)25)22-21(26)20(23(2)29(3,27)28)16-8-5-4-6-9-16/h4-6,8-9,11-12,14,20H,7,10,13H2,1-3H3,(H,22,26)/t20-/m0/s1. The second-order valence-corrected chi connectivity index (χ2v) is 9.27. The molecule has 1 heterocycles. The maximum Gasteiger partial charge on any atom is 0.247 e. The van der Waals surface area contributed by atoms with Gasteiger partial charge in [-0.05, 0) is 36.6 Å². The molecule has 1 fully saturated rings. The number of likely N-dealkylation sites (N-methyl/N-ethyl adjacent to an activating group) is 1. The Morgan fingerprint density at radius 2 is 1.86 bits per heavy atom. The van der Waals surface area contributed by atoms with E-state index in [-0.39, 0.29) is 5.91 Å². The summed E-state index contributed by atoms with van der Waals surface area (Å²) in [7, 11) is -2.22. The van der Waals surface area contributed by atoms with Gasteiger partial charge in [0.05, 0.1) is 6.26 Å². The van der Waals surface area contributed by atoms with E-state index in [1.807, 2.05) is 13.0 Å². The van der Waals surface area contributed by atoms with Gasteiger partial charge in [0, 0.05) is 31.4 Å². The minimum atomic E-state index is -3.60. The van der Waals surface area contributed by atoms with Crippen molar-refractivity contribution in [1.29, 1.82) is 0 Å². The number of nitrogens with zero attached hydrogens (tertiary/aromatic N) is 2.